The molecule has 1 aromatic carbocycles. The molecule has 0 spiro atoms. The van der Waals surface area contributed by atoms with Crippen molar-refractivity contribution in [3.8, 4) is 5.75 Å². The van der Waals surface area contributed by atoms with Gasteiger partial charge in [-0.3, -0.25) is 0 Å². The van der Waals surface area contributed by atoms with Crippen LogP contribution >= 0.6 is 0 Å². The lowest BCUT2D eigenvalue weighted by molar-refractivity contribution is 0.0526. The zero-order chi connectivity index (χ0) is 13.5. The van der Waals surface area contributed by atoms with E-state index in [9.17, 15) is 4.79 Å². The Bertz CT molecular complexity index is 400. The molecule has 4 nitrogen and oxygen atoms in total. The van der Waals surface area contributed by atoms with E-state index < -0.39 is 0 Å². The normalized spacial score (nSPS) is 10.0. The van der Waals surface area contributed by atoms with Crippen LogP contribution in [-0.2, 0) is 4.74 Å². The van der Waals surface area contributed by atoms with Crippen LogP contribution in [0, 0.1) is 0 Å². The molecular formula is C14H21NO3. The summed E-state index contributed by atoms with van der Waals surface area (Å²) in [6, 6.07) is 5.40. The summed E-state index contributed by atoms with van der Waals surface area (Å²) in [4.78, 5) is 13.8. The Morgan fingerprint density at radius 3 is 2.39 bits per heavy atom. The molecule has 0 bridgehead atoms. The van der Waals surface area contributed by atoms with Gasteiger partial charge in [0.1, 0.15) is 5.75 Å². The molecule has 4 heteroatoms. The average Bonchev–Trinajstić information content (AvgIpc) is 2.40. The molecule has 100 valence electrons. The van der Waals surface area contributed by atoms with Gasteiger partial charge in [0.2, 0.25) is 0 Å². The topological polar surface area (TPSA) is 38.8 Å². The maximum absolute atomic E-state index is 11.6. The lowest BCUT2D eigenvalue weighted by Gasteiger charge is -2.23. The van der Waals surface area contributed by atoms with E-state index in [1.165, 1.54) is 0 Å². The van der Waals surface area contributed by atoms with Crippen LogP contribution in [0.4, 0.5) is 5.69 Å². The lowest BCUT2D eigenvalue weighted by Crippen LogP contribution is -2.22. The third kappa shape index (κ3) is 3.15. The summed E-state index contributed by atoms with van der Waals surface area (Å²) in [6.07, 6.45) is 0. The van der Waals surface area contributed by atoms with E-state index in [-0.39, 0.29) is 5.97 Å². The fraction of sp³-hybridized carbons (Fsp3) is 0.500. The number of methoxy groups -OCH3 is 1. The smallest absolute Gasteiger partial charge is 0.338 e. The third-order valence-corrected chi connectivity index (χ3v) is 2.79. The molecule has 1 aromatic rings. The minimum atomic E-state index is -0.318. The molecule has 0 atom stereocenters. The van der Waals surface area contributed by atoms with Gasteiger partial charge in [-0.05, 0) is 39.0 Å². The Labute approximate surface area is 108 Å². The quantitative estimate of drug-likeness (QED) is 0.729. The zero-order valence-electron chi connectivity index (χ0n) is 11.5. The van der Waals surface area contributed by atoms with Gasteiger partial charge in [-0.2, -0.15) is 0 Å². The molecule has 0 aromatic heterocycles. The van der Waals surface area contributed by atoms with Crippen LogP contribution in [0.15, 0.2) is 18.2 Å². The second-order valence-corrected chi connectivity index (χ2v) is 3.78. The Morgan fingerprint density at radius 1 is 1.22 bits per heavy atom. The molecule has 0 N–H and O–H groups in total. The van der Waals surface area contributed by atoms with Crippen LogP contribution in [0.25, 0.3) is 0 Å². The number of hydrogen-bond donors (Lipinski definition) is 0. The molecule has 0 unspecified atom stereocenters. The van der Waals surface area contributed by atoms with Gasteiger partial charge in [-0.15, -0.1) is 0 Å². The van der Waals surface area contributed by atoms with Crippen molar-refractivity contribution < 1.29 is 14.3 Å². The number of hydrogen-bond acceptors (Lipinski definition) is 4. The molecule has 1 rings (SSSR count). The van der Waals surface area contributed by atoms with Gasteiger partial charge in [0.25, 0.3) is 0 Å². The number of carbonyl (C=O) groups excluding carboxylic acids is 1. The average molecular weight is 251 g/mol. The Hall–Kier alpha value is -1.71. The van der Waals surface area contributed by atoms with E-state index in [0.29, 0.717) is 17.9 Å². The van der Waals surface area contributed by atoms with E-state index in [1.54, 1.807) is 26.2 Å². The third-order valence-electron chi connectivity index (χ3n) is 2.79. The number of anilines is 1. The summed E-state index contributed by atoms with van der Waals surface area (Å²) in [5.41, 5.74) is 1.51. The number of ether oxygens (including phenoxy) is 2. The molecule has 0 aliphatic rings. The van der Waals surface area contributed by atoms with E-state index in [0.717, 1.165) is 18.8 Å². The highest BCUT2D eigenvalue weighted by Crippen LogP contribution is 2.29. The molecule has 0 heterocycles. The molecule has 18 heavy (non-hydrogen) atoms. The molecular weight excluding hydrogens is 230 g/mol. The molecule has 0 saturated carbocycles. The largest absolute Gasteiger partial charge is 0.495 e. The van der Waals surface area contributed by atoms with Crippen molar-refractivity contribution >= 4 is 11.7 Å². The predicted molar refractivity (Wildman–Crippen MR) is 72.5 cm³/mol. The van der Waals surface area contributed by atoms with Crippen LogP contribution in [0.5, 0.6) is 5.75 Å². The highest BCUT2D eigenvalue weighted by atomic mass is 16.5. The Morgan fingerprint density at radius 2 is 1.89 bits per heavy atom. The van der Waals surface area contributed by atoms with Crippen molar-refractivity contribution in [2.75, 3.05) is 31.7 Å². The summed E-state index contributed by atoms with van der Waals surface area (Å²) in [5.74, 6) is 0.381. The molecule has 0 radical (unpaired) electrons. The minimum Gasteiger partial charge on any atom is -0.495 e. The second kappa shape index (κ2) is 6.89. The first kappa shape index (κ1) is 14.4. The fourth-order valence-electron chi connectivity index (χ4n) is 1.84. The van der Waals surface area contributed by atoms with Gasteiger partial charge < -0.3 is 14.4 Å². The number of nitrogens with zero attached hydrogens (tertiary/aromatic N) is 1. The zero-order valence-corrected chi connectivity index (χ0v) is 11.5. The summed E-state index contributed by atoms with van der Waals surface area (Å²) in [5, 5.41) is 0. The van der Waals surface area contributed by atoms with Gasteiger partial charge in [0.15, 0.2) is 0 Å². The van der Waals surface area contributed by atoms with Gasteiger partial charge in [0, 0.05) is 13.1 Å². The number of benzene rings is 1. The van der Waals surface area contributed by atoms with Crippen molar-refractivity contribution in [1.29, 1.82) is 0 Å². The molecule has 0 aliphatic carbocycles. The number of carbonyl (C=O) groups is 1. The SMILES string of the molecule is CCOC(=O)c1ccc(N(CC)CC)c(OC)c1. The molecule has 0 fully saturated rings. The van der Waals surface area contributed by atoms with Gasteiger partial charge in [0.05, 0.1) is 25.0 Å². The van der Waals surface area contributed by atoms with Crippen molar-refractivity contribution in [2.24, 2.45) is 0 Å². The van der Waals surface area contributed by atoms with Crippen molar-refractivity contribution in [2.45, 2.75) is 20.8 Å². The number of rotatable bonds is 6. The summed E-state index contributed by atoms with van der Waals surface area (Å²) in [6.45, 7) is 8.12. The van der Waals surface area contributed by atoms with Gasteiger partial charge >= 0.3 is 5.97 Å². The monoisotopic (exact) mass is 251 g/mol. The van der Waals surface area contributed by atoms with Crippen molar-refractivity contribution in [3.05, 3.63) is 23.8 Å². The molecule has 0 amide bonds. The minimum absolute atomic E-state index is 0.318. The first-order valence-electron chi connectivity index (χ1n) is 6.27. The fourth-order valence-corrected chi connectivity index (χ4v) is 1.84. The summed E-state index contributed by atoms with van der Waals surface area (Å²) >= 11 is 0. The first-order valence-corrected chi connectivity index (χ1v) is 6.27. The Kier molecular flexibility index (Phi) is 5.49. The van der Waals surface area contributed by atoms with Gasteiger partial charge in [-0.1, -0.05) is 0 Å². The second-order valence-electron chi connectivity index (χ2n) is 3.78. The van der Waals surface area contributed by atoms with Crippen molar-refractivity contribution in [3.63, 3.8) is 0 Å². The van der Waals surface area contributed by atoms with Crippen LogP contribution in [0.2, 0.25) is 0 Å². The predicted octanol–water partition coefficient (Wildman–Crippen LogP) is 2.72. The van der Waals surface area contributed by atoms with Crippen molar-refractivity contribution in [1.82, 2.24) is 0 Å². The highest BCUT2D eigenvalue weighted by molar-refractivity contribution is 5.90. The van der Waals surface area contributed by atoms with E-state index >= 15 is 0 Å². The summed E-state index contributed by atoms with van der Waals surface area (Å²) in [7, 11) is 1.61. The maximum atomic E-state index is 11.6. The van der Waals surface area contributed by atoms with E-state index in [4.69, 9.17) is 9.47 Å². The lowest BCUT2D eigenvalue weighted by atomic mass is 10.1. The van der Waals surface area contributed by atoms with E-state index in [2.05, 4.69) is 18.7 Å². The standard InChI is InChI=1S/C14H21NO3/c1-5-15(6-2)12-9-8-11(10-13(12)17-4)14(16)18-7-3/h8-10H,5-7H2,1-4H3. The van der Waals surface area contributed by atoms with Crippen LogP contribution < -0.4 is 9.64 Å². The highest BCUT2D eigenvalue weighted by Gasteiger charge is 2.13. The van der Waals surface area contributed by atoms with Crippen LogP contribution in [0.1, 0.15) is 31.1 Å². The summed E-state index contributed by atoms with van der Waals surface area (Å²) < 4.78 is 10.3. The number of esters is 1. The maximum Gasteiger partial charge on any atom is 0.338 e. The van der Waals surface area contributed by atoms with Crippen LogP contribution in [0.3, 0.4) is 0 Å². The van der Waals surface area contributed by atoms with Crippen LogP contribution in [-0.4, -0.2) is 32.8 Å². The first-order chi connectivity index (χ1) is 8.67. The molecule has 0 saturated heterocycles. The molecule has 0 aliphatic heterocycles. The Balaban J connectivity index is 3.06. The van der Waals surface area contributed by atoms with Gasteiger partial charge in [-0.25, -0.2) is 4.79 Å². The van der Waals surface area contributed by atoms with E-state index in [1.807, 2.05) is 6.07 Å².